The molecule has 4 aliphatic rings. The fraction of sp³-hybridized carbons (Fsp3) is 0.700. The lowest BCUT2D eigenvalue weighted by Crippen LogP contribution is -2.67. The van der Waals surface area contributed by atoms with E-state index in [2.05, 4.69) is 0 Å². The van der Waals surface area contributed by atoms with Gasteiger partial charge in [-0.2, -0.15) is 0 Å². The summed E-state index contributed by atoms with van der Waals surface area (Å²) in [4.78, 5) is 39.0. The van der Waals surface area contributed by atoms with Crippen molar-refractivity contribution in [2.45, 2.75) is 117 Å². The molecule has 0 aromatic heterocycles. The average molecular weight is 531 g/mol. The molecular weight excluding hydrogens is 488 g/mol. The first-order valence-electron chi connectivity index (χ1n) is 13.6. The Morgan fingerprint density at radius 1 is 1.26 bits per heavy atom. The predicted molar refractivity (Wildman–Crippen MR) is 140 cm³/mol. The maximum Gasteiger partial charge on any atom is 0.303 e. The van der Waals surface area contributed by atoms with Crippen LogP contribution in [-0.4, -0.2) is 63.4 Å². The molecule has 2 aliphatic heterocycles. The van der Waals surface area contributed by atoms with Crippen LogP contribution in [0.3, 0.4) is 0 Å². The largest absolute Gasteiger partial charge is 0.483 e. The molecule has 0 aromatic carbocycles. The van der Waals surface area contributed by atoms with Gasteiger partial charge < -0.3 is 24.4 Å². The van der Waals surface area contributed by atoms with Crippen LogP contribution in [0.5, 0.6) is 0 Å². The summed E-state index contributed by atoms with van der Waals surface area (Å²) in [5.74, 6) is -1.87. The maximum atomic E-state index is 13.8. The second-order valence-corrected chi connectivity index (χ2v) is 12.5. The van der Waals surface area contributed by atoms with Crippen molar-refractivity contribution in [3.8, 4) is 0 Å². The second kappa shape index (κ2) is 9.72. The monoisotopic (exact) mass is 530 g/mol. The van der Waals surface area contributed by atoms with E-state index >= 15 is 0 Å². The molecule has 8 nitrogen and oxygen atoms in total. The third-order valence-corrected chi connectivity index (χ3v) is 9.57. The number of esters is 1. The lowest BCUT2D eigenvalue weighted by Gasteiger charge is -2.62. The van der Waals surface area contributed by atoms with Crippen LogP contribution in [0.15, 0.2) is 34.6 Å². The Labute approximate surface area is 225 Å². The predicted octanol–water partition coefficient (Wildman–Crippen LogP) is 3.74. The summed E-state index contributed by atoms with van der Waals surface area (Å²) in [6, 6.07) is 0. The van der Waals surface area contributed by atoms with Gasteiger partial charge >= 0.3 is 5.97 Å². The Kier molecular flexibility index (Phi) is 7.34. The van der Waals surface area contributed by atoms with Gasteiger partial charge in [-0.1, -0.05) is 19.9 Å². The quantitative estimate of drug-likeness (QED) is 0.314. The molecule has 4 rings (SSSR count). The molecule has 0 radical (unpaired) electrons. The van der Waals surface area contributed by atoms with E-state index in [-0.39, 0.29) is 47.8 Å². The zero-order valence-corrected chi connectivity index (χ0v) is 23.8. The van der Waals surface area contributed by atoms with Crippen molar-refractivity contribution >= 4 is 17.5 Å². The van der Waals surface area contributed by atoms with Gasteiger partial charge in [0.1, 0.15) is 11.7 Å². The van der Waals surface area contributed by atoms with Crippen molar-refractivity contribution < 1.29 is 38.8 Å². The first-order chi connectivity index (χ1) is 17.5. The highest BCUT2D eigenvalue weighted by Crippen LogP contribution is 2.59. The van der Waals surface area contributed by atoms with Gasteiger partial charge in [0.05, 0.1) is 23.9 Å². The number of carbonyl (C=O) groups is 3. The van der Waals surface area contributed by atoms with Gasteiger partial charge in [-0.05, 0) is 65.5 Å². The van der Waals surface area contributed by atoms with E-state index in [0.717, 1.165) is 5.57 Å². The second-order valence-electron chi connectivity index (χ2n) is 12.5. The standard InChI is InChI=1S/C30H42O8/c1-9-15(2)26(36-17(4)31)16(3)18-12-20(32)19-13-21-29(7,38-27(19)25(18)34)11-10-23-30(21,8)22(33)14-24(37-23)28(5,6)35/h9,12,16,21-24,26,33,35H,10-11,13-14H2,1-8H3/b15-9+/t16-,21-,22+,23+,24+,26+,29+,30-/m0/s1. The number of fused-ring (bicyclic) bond motifs is 3. The third kappa shape index (κ3) is 4.58. The number of carbonyl (C=O) groups excluding carboxylic acids is 3. The van der Waals surface area contributed by atoms with E-state index in [9.17, 15) is 24.6 Å². The van der Waals surface area contributed by atoms with E-state index < -0.39 is 46.8 Å². The average Bonchev–Trinajstić information content (AvgIpc) is 2.83. The third-order valence-electron chi connectivity index (χ3n) is 9.57. The number of rotatable bonds is 5. The number of ether oxygens (including phenoxy) is 3. The lowest BCUT2D eigenvalue weighted by molar-refractivity contribution is -0.279. The summed E-state index contributed by atoms with van der Waals surface area (Å²) >= 11 is 0. The fourth-order valence-corrected chi connectivity index (χ4v) is 7.02. The van der Waals surface area contributed by atoms with Gasteiger partial charge in [-0.15, -0.1) is 0 Å². The molecule has 0 aromatic rings. The molecule has 1 saturated heterocycles. The Morgan fingerprint density at radius 2 is 1.92 bits per heavy atom. The summed E-state index contributed by atoms with van der Waals surface area (Å²) in [6.45, 7) is 14.0. The maximum absolute atomic E-state index is 13.8. The summed E-state index contributed by atoms with van der Waals surface area (Å²) in [5.41, 5.74) is -1.24. The topological polar surface area (TPSA) is 119 Å². The van der Waals surface area contributed by atoms with Crippen molar-refractivity contribution in [2.75, 3.05) is 0 Å². The van der Waals surface area contributed by atoms with Gasteiger partial charge in [0, 0.05) is 41.7 Å². The molecule has 2 N–H and O–H groups in total. The Bertz CT molecular complexity index is 1120. The molecular formula is C30H42O8. The fourth-order valence-electron chi connectivity index (χ4n) is 7.02. The van der Waals surface area contributed by atoms with Gasteiger partial charge in [0.2, 0.25) is 5.78 Å². The molecule has 0 unspecified atom stereocenters. The van der Waals surface area contributed by atoms with E-state index in [1.165, 1.54) is 13.0 Å². The minimum Gasteiger partial charge on any atom is -0.483 e. The molecule has 2 fully saturated rings. The normalized spacial score (nSPS) is 37.3. The first kappa shape index (κ1) is 28.7. The number of aliphatic hydroxyl groups is 2. The van der Waals surface area contributed by atoms with Crippen LogP contribution in [0, 0.1) is 17.3 Å². The summed E-state index contributed by atoms with van der Waals surface area (Å²) in [6.07, 6.45) is 2.63. The van der Waals surface area contributed by atoms with Gasteiger partial charge in [0.25, 0.3) is 0 Å². The van der Waals surface area contributed by atoms with E-state index in [0.29, 0.717) is 18.4 Å². The molecule has 38 heavy (non-hydrogen) atoms. The van der Waals surface area contributed by atoms with Crippen LogP contribution < -0.4 is 0 Å². The molecule has 210 valence electrons. The van der Waals surface area contributed by atoms with E-state index in [1.807, 2.05) is 33.8 Å². The van der Waals surface area contributed by atoms with Gasteiger partial charge in [-0.3, -0.25) is 14.4 Å². The number of allylic oxidation sites excluding steroid dienone is 4. The minimum atomic E-state index is -1.10. The van der Waals surface area contributed by atoms with Crippen LogP contribution in [0.2, 0.25) is 0 Å². The number of hydrogen-bond donors (Lipinski definition) is 2. The molecule has 1 saturated carbocycles. The highest BCUT2D eigenvalue weighted by molar-refractivity contribution is 6.22. The summed E-state index contributed by atoms with van der Waals surface area (Å²) in [7, 11) is 0. The summed E-state index contributed by atoms with van der Waals surface area (Å²) < 4.78 is 18.4. The first-order valence-corrected chi connectivity index (χ1v) is 13.6. The van der Waals surface area contributed by atoms with Crippen molar-refractivity contribution in [1.29, 1.82) is 0 Å². The Hall–Kier alpha value is -2.29. The SMILES string of the molecule is C/C=C(\C)[C@@H](OC(C)=O)[C@@H](C)C1=CC(=O)C2=C(O[C@]3(C)CC[C@H]4O[C@@H](C(C)(C)O)C[C@@H](O)[C@]4(C)[C@H]3C2)C1=O. The molecule has 0 amide bonds. The minimum absolute atomic E-state index is 0.0699. The molecule has 0 bridgehead atoms. The molecule has 8 atom stereocenters. The van der Waals surface area contributed by atoms with Crippen LogP contribution >= 0.6 is 0 Å². The number of ketones is 2. The molecule has 2 aliphatic carbocycles. The number of hydrogen-bond acceptors (Lipinski definition) is 8. The molecule has 8 heteroatoms. The number of Topliss-reactive ketones (excluding diaryl/α,β-unsaturated/α-hetero) is 1. The van der Waals surface area contributed by atoms with Crippen LogP contribution in [0.4, 0.5) is 0 Å². The Morgan fingerprint density at radius 3 is 2.50 bits per heavy atom. The Balaban J connectivity index is 1.66. The highest BCUT2D eigenvalue weighted by Gasteiger charge is 2.64. The van der Waals surface area contributed by atoms with Crippen molar-refractivity contribution in [3.63, 3.8) is 0 Å². The van der Waals surface area contributed by atoms with E-state index in [4.69, 9.17) is 14.2 Å². The molecule has 2 heterocycles. The van der Waals surface area contributed by atoms with Crippen LogP contribution in [0.25, 0.3) is 0 Å². The van der Waals surface area contributed by atoms with Crippen molar-refractivity contribution in [3.05, 3.63) is 34.6 Å². The smallest absolute Gasteiger partial charge is 0.303 e. The van der Waals surface area contributed by atoms with Crippen molar-refractivity contribution in [1.82, 2.24) is 0 Å². The van der Waals surface area contributed by atoms with Crippen molar-refractivity contribution in [2.24, 2.45) is 17.3 Å². The van der Waals surface area contributed by atoms with E-state index in [1.54, 1.807) is 20.8 Å². The molecule has 0 spiro atoms. The lowest BCUT2D eigenvalue weighted by atomic mass is 9.52. The summed E-state index contributed by atoms with van der Waals surface area (Å²) in [5, 5.41) is 22.0. The highest BCUT2D eigenvalue weighted by atomic mass is 16.5. The van der Waals surface area contributed by atoms with Gasteiger partial charge in [-0.25, -0.2) is 0 Å². The zero-order valence-electron chi connectivity index (χ0n) is 23.8. The number of aliphatic hydroxyl groups excluding tert-OH is 1. The van der Waals surface area contributed by atoms with Crippen LogP contribution in [0.1, 0.15) is 81.1 Å². The van der Waals surface area contributed by atoms with Gasteiger partial charge in [0.15, 0.2) is 11.5 Å². The van der Waals surface area contributed by atoms with Crippen LogP contribution in [-0.2, 0) is 28.6 Å². The zero-order chi connectivity index (χ0) is 28.4.